The molecule has 2 nitrogen and oxygen atoms in total. The van der Waals surface area contributed by atoms with Crippen LogP contribution in [-0.4, -0.2) is 19.2 Å². The van der Waals surface area contributed by atoms with Crippen LogP contribution in [0.4, 0.5) is 4.39 Å². The summed E-state index contributed by atoms with van der Waals surface area (Å²) in [6, 6.07) is 6.51. The summed E-state index contributed by atoms with van der Waals surface area (Å²) >= 11 is 0. The molecule has 0 saturated carbocycles. The van der Waals surface area contributed by atoms with Gasteiger partial charge in [-0.25, -0.2) is 4.39 Å². The van der Waals surface area contributed by atoms with Crippen molar-refractivity contribution in [2.24, 2.45) is 0 Å². The smallest absolute Gasteiger partial charge is 0.123 e. The lowest BCUT2D eigenvalue weighted by Crippen LogP contribution is -2.27. The van der Waals surface area contributed by atoms with Crippen LogP contribution in [0.5, 0.6) is 5.75 Å². The number of hydrogen-bond acceptors (Lipinski definition) is 2. The van der Waals surface area contributed by atoms with Crippen molar-refractivity contribution >= 4 is 0 Å². The van der Waals surface area contributed by atoms with Gasteiger partial charge in [-0.1, -0.05) is 13.8 Å². The summed E-state index contributed by atoms with van der Waals surface area (Å²) < 4.78 is 17.9. The summed E-state index contributed by atoms with van der Waals surface area (Å²) in [5.41, 5.74) is 0. The summed E-state index contributed by atoms with van der Waals surface area (Å²) in [7, 11) is 0. The standard InChI is InChI=1S/C11H16FNO.H2/c1-9(2)13-7-8-14-11-5-3-10(12)4-6-11;/h3-6,9,13H,7-8H2,1-2H3;1H. The van der Waals surface area contributed by atoms with E-state index in [0.29, 0.717) is 18.4 Å². The predicted octanol–water partition coefficient (Wildman–Crippen LogP) is 2.45. The first-order valence-electron chi connectivity index (χ1n) is 4.80. The van der Waals surface area contributed by atoms with Gasteiger partial charge in [0.15, 0.2) is 0 Å². The molecule has 1 aromatic carbocycles. The van der Waals surface area contributed by atoms with Crippen molar-refractivity contribution in [1.29, 1.82) is 0 Å². The van der Waals surface area contributed by atoms with Crippen molar-refractivity contribution in [2.75, 3.05) is 13.2 Å². The molecule has 0 spiro atoms. The highest BCUT2D eigenvalue weighted by atomic mass is 19.1. The van der Waals surface area contributed by atoms with E-state index in [2.05, 4.69) is 19.2 Å². The second-order valence-electron chi connectivity index (χ2n) is 3.41. The minimum atomic E-state index is -0.238. The van der Waals surface area contributed by atoms with Crippen molar-refractivity contribution in [3.05, 3.63) is 30.1 Å². The number of hydrogen-bond donors (Lipinski definition) is 1. The molecule has 14 heavy (non-hydrogen) atoms. The minimum Gasteiger partial charge on any atom is -0.492 e. The zero-order valence-corrected chi connectivity index (χ0v) is 8.59. The lowest BCUT2D eigenvalue weighted by atomic mass is 10.3. The maximum Gasteiger partial charge on any atom is 0.123 e. The highest BCUT2D eigenvalue weighted by Crippen LogP contribution is 2.10. The van der Waals surface area contributed by atoms with Crippen LogP contribution in [0.1, 0.15) is 15.3 Å². The van der Waals surface area contributed by atoms with Gasteiger partial charge in [0, 0.05) is 14.0 Å². The van der Waals surface area contributed by atoms with Crippen molar-refractivity contribution in [1.82, 2.24) is 5.32 Å². The first-order valence-corrected chi connectivity index (χ1v) is 4.80. The van der Waals surface area contributed by atoms with Crippen molar-refractivity contribution < 1.29 is 10.6 Å². The number of nitrogens with one attached hydrogen (secondary N) is 1. The van der Waals surface area contributed by atoms with E-state index in [4.69, 9.17) is 4.74 Å². The fourth-order valence-electron chi connectivity index (χ4n) is 1.05. The van der Waals surface area contributed by atoms with Gasteiger partial charge >= 0.3 is 0 Å². The Morgan fingerprint density at radius 3 is 2.57 bits per heavy atom. The number of ether oxygens (including phenoxy) is 1. The largest absolute Gasteiger partial charge is 0.492 e. The molecule has 0 amide bonds. The van der Waals surface area contributed by atoms with E-state index < -0.39 is 0 Å². The summed E-state index contributed by atoms with van der Waals surface area (Å²) in [4.78, 5) is 0. The average molecular weight is 199 g/mol. The second-order valence-corrected chi connectivity index (χ2v) is 3.41. The molecule has 3 heteroatoms. The van der Waals surface area contributed by atoms with E-state index in [-0.39, 0.29) is 7.24 Å². The Bertz CT molecular complexity index is 264. The Labute approximate surface area is 85.6 Å². The molecule has 0 aliphatic rings. The summed E-state index contributed by atoms with van der Waals surface area (Å²) in [6.07, 6.45) is 0. The summed E-state index contributed by atoms with van der Waals surface area (Å²) in [5, 5.41) is 3.23. The van der Waals surface area contributed by atoms with Crippen molar-refractivity contribution in [3.63, 3.8) is 0 Å². The molecule has 80 valence electrons. The van der Waals surface area contributed by atoms with Gasteiger partial charge in [-0.15, -0.1) is 0 Å². The number of rotatable bonds is 5. The van der Waals surface area contributed by atoms with E-state index in [1.54, 1.807) is 12.1 Å². The molecule has 0 unspecified atom stereocenters. The fraction of sp³-hybridized carbons (Fsp3) is 0.455. The van der Waals surface area contributed by atoms with Crippen LogP contribution >= 0.6 is 0 Å². The lowest BCUT2D eigenvalue weighted by Gasteiger charge is -2.09. The zero-order chi connectivity index (χ0) is 10.4. The number of halogens is 1. The van der Waals surface area contributed by atoms with Gasteiger partial charge in [-0.2, -0.15) is 0 Å². The van der Waals surface area contributed by atoms with Gasteiger partial charge < -0.3 is 10.1 Å². The molecule has 1 rings (SSSR count). The quantitative estimate of drug-likeness (QED) is 0.735. The fourth-order valence-corrected chi connectivity index (χ4v) is 1.05. The lowest BCUT2D eigenvalue weighted by molar-refractivity contribution is 0.308. The van der Waals surface area contributed by atoms with Crippen LogP contribution in [-0.2, 0) is 0 Å². The molecule has 0 aromatic heterocycles. The van der Waals surface area contributed by atoms with Crippen LogP contribution in [0.2, 0.25) is 0 Å². The summed E-state index contributed by atoms with van der Waals surface area (Å²) in [5.74, 6) is 0.467. The molecular weight excluding hydrogens is 181 g/mol. The molecule has 0 bridgehead atoms. The van der Waals surface area contributed by atoms with Crippen LogP contribution in [0.3, 0.4) is 0 Å². The molecular formula is C11H18FNO. The van der Waals surface area contributed by atoms with Crippen LogP contribution < -0.4 is 10.1 Å². The first-order chi connectivity index (χ1) is 6.68. The minimum absolute atomic E-state index is 0. The van der Waals surface area contributed by atoms with Crippen molar-refractivity contribution in [2.45, 2.75) is 19.9 Å². The Morgan fingerprint density at radius 1 is 1.36 bits per heavy atom. The van der Waals surface area contributed by atoms with E-state index >= 15 is 0 Å². The monoisotopic (exact) mass is 199 g/mol. The van der Waals surface area contributed by atoms with E-state index in [9.17, 15) is 4.39 Å². The third-order valence-electron chi connectivity index (χ3n) is 1.74. The normalized spacial score (nSPS) is 10.6. The molecule has 0 fully saturated rings. The Hall–Kier alpha value is -1.09. The van der Waals surface area contributed by atoms with Gasteiger partial charge in [0.05, 0.1) is 0 Å². The van der Waals surface area contributed by atoms with Gasteiger partial charge in [0.25, 0.3) is 0 Å². The van der Waals surface area contributed by atoms with Gasteiger partial charge in [-0.05, 0) is 24.3 Å². The molecule has 0 atom stereocenters. The van der Waals surface area contributed by atoms with Crippen LogP contribution in [0.25, 0.3) is 0 Å². The maximum absolute atomic E-state index is 12.5. The number of benzene rings is 1. The molecule has 0 aliphatic heterocycles. The molecule has 0 saturated heterocycles. The molecule has 0 heterocycles. The summed E-state index contributed by atoms with van der Waals surface area (Å²) in [6.45, 7) is 5.56. The molecule has 0 aliphatic carbocycles. The molecule has 0 radical (unpaired) electrons. The van der Waals surface area contributed by atoms with Crippen molar-refractivity contribution in [3.8, 4) is 5.75 Å². The molecule has 1 N–H and O–H groups in total. The van der Waals surface area contributed by atoms with Gasteiger partial charge in [-0.3, -0.25) is 0 Å². The highest BCUT2D eigenvalue weighted by Gasteiger charge is 1.95. The van der Waals surface area contributed by atoms with E-state index in [1.165, 1.54) is 12.1 Å². The third kappa shape index (κ3) is 4.23. The van der Waals surface area contributed by atoms with Gasteiger partial charge in [0.2, 0.25) is 0 Å². The van der Waals surface area contributed by atoms with Gasteiger partial charge in [0.1, 0.15) is 18.2 Å². The SMILES string of the molecule is CC(C)NCCOc1ccc(F)cc1.[HH]. The van der Waals surface area contributed by atoms with Crippen LogP contribution in [0.15, 0.2) is 24.3 Å². The topological polar surface area (TPSA) is 21.3 Å². The average Bonchev–Trinajstić information content (AvgIpc) is 2.15. The third-order valence-corrected chi connectivity index (χ3v) is 1.74. The maximum atomic E-state index is 12.5. The second kappa shape index (κ2) is 5.60. The Kier molecular flexibility index (Phi) is 4.40. The first kappa shape index (κ1) is 11.0. The van der Waals surface area contributed by atoms with Crippen LogP contribution in [0, 0.1) is 5.82 Å². The Morgan fingerprint density at radius 2 is 2.00 bits per heavy atom. The highest BCUT2D eigenvalue weighted by molar-refractivity contribution is 5.21. The molecule has 1 aromatic rings. The predicted molar refractivity (Wildman–Crippen MR) is 57.1 cm³/mol. The van der Waals surface area contributed by atoms with E-state index in [1.807, 2.05) is 0 Å². The van der Waals surface area contributed by atoms with E-state index in [0.717, 1.165) is 6.54 Å². The zero-order valence-electron chi connectivity index (χ0n) is 8.59. The Balaban J connectivity index is 0.00000196.